The highest BCUT2D eigenvalue weighted by atomic mass is 35.5. The largest absolute Gasteiger partial charge is 0.491 e. The molecule has 0 aliphatic rings. The first-order valence-corrected chi connectivity index (χ1v) is 6.96. The van der Waals surface area contributed by atoms with Crippen molar-refractivity contribution in [2.45, 2.75) is 13.8 Å². The summed E-state index contributed by atoms with van der Waals surface area (Å²) in [5.41, 5.74) is 0.771. The van der Waals surface area contributed by atoms with Crippen LogP contribution in [-0.2, 0) is 4.74 Å². The molecule has 0 fully saturated rings. The van der Waals surface area contributed by atoms with Gasteiger partial charge < -0.3 is 4.74 Å². The Morgan fingerprint density at radius 2 is 2.20 bits per heavy atom. The smallest absolute Gasteiger partial charge is 0.146 e. The van der Waals surface area contributed by atoms with Gasteiger partial charge in [-0.2, -0.15) is 5.10 Å². The molecule has 0 radical (unpaired) electrons. The zero-order valence-corrected chi connectivity index (χ0v) is 12.8. The molecule has 20 heavy (non-hydrogen) atoms. The quantitative estimate of drug-likeness (QED) is 0.776. The van der Waals surface area contributed by atoms with Crippen LogP contribution in [0.2, 0.25) is 10.0 Å². The van der Waals surface area contributed by atoms with Gasteiger partial charge in [-0.1, -0.05) is 37.0 Å². The number of ether oxygens (including phenoxy) is 1. The van der Waals surface area contributed by atoms with Crippen LogP contribution in [0.4, 0.5) is 0 Å². The van der Waals surface area contributed by atoms with Crippen molar-refractivity contribution < 1.29 is 4.74 Å². The Kier molecular flexibility index (Phi) is 5.04. The highest BCUT2D eigenvalue weighted by Gasteiger charge is 2.10. The second kappa shape index (κ2) is 6.77. The van der Waals surface area contributed by atoms with Gasteiger partial charge in [-0.05, 0) is 24.1 Å². The van der Waals surface area contributed by atoms with Crippen molar-refractivity contribution in [1.82, 2.24) is 14.8 Å². The molecule has 0 saturated heterocycles. The van der Waals surface area contributed by atoms with Gasteiger partial charge in [0.05, 0.1) is 17.8 Å². The second-order valence-electron chi connectivity index (χ2n) is 4.70. The van der Waals surface area contributed by atoms with Crippen LogP contribution in [-0.4, -0.2) is 21.4 Å². The number of nitrogens with zero attached hydrogens (tertiary/aromatic N) is 3. The molecule has 2 rings (SSSR count). The fourth-order valence-corrected chi connectivity index (χ4v) is 2.04. The lowest BCUT2D eigenvalue weighted by atomic mass is 10.2. The number of rotatable bonds is 5. The summed E-state index contributed by atoms with van der Waals surface area (Å²) < 4.78 is 7.40. The Bertz CT molecular complexity index is 594. The van der Waals surface area contributed by atoms with Gasteiger partial charge in [0.25, 0.3) is 0 Å². The maximum absolute atomic E-state index is 6.23. The molecule has 106 valence electrons. The van der Waals surface area contributed by atoms with E-state index in [2.05, 4.69) is 23.9 Å². The van der Waals surface area contributed by atoms with Crippen LogP contribution >= 0.6 is 23.2 Å². The van der Waals surface area contributed by atoms with E-state index in [4.69, 9.17) is 27.9 Å². The lowest BCUT2D eigenvalue weighted by Crippen LogP contribution is -2.03. The molecule has 0 amide bonds. The van der Waals surface area contributed by atoms with E-state index in [1.165, 1.54) is 6.33 Å². The van der Waals surface area contributed by atoms with Crippen LogP contribution in [0.1, 0.15) is 19.4 Å². The van der Waals surface area contributed by atoms with Crippen LogP contribution in [0.25, 0.3) is 12.0 Å². The maximum atomic E-state index is 6.23. The molecule has 4 nitrogen and oxygen atoms in total. The van der Waals surface area contributed by atoms with Crippen LogP contribution < -0.4 is 0 Å². The van der Waals surface area contributed by atoms with Crippen molar-refractivity contribution in [3.63, 3.8) is 0 Å². The predicted molar refractivity (Wildman–Crippen MR) is 81.4 cm³/mol. The minimum Gasteiger partial charge on any atom is -0.491 e. The third-order valence-electron chi connectivity index (χ3n) is 2.45. The van der Waals surface area contributed by atoms with Crippen LogP contribution in [0, 0.1) is 5.92 Å². The normalized spacial score (nSPS) is 11.9. The van der Waals surface area contributed by atoms with Crippen molar-refractivity contribution >= 4 is 35.2 Å². The van der Waals surface area contributed by atoms with Crippen LogP contribution in [0.5, 0.6) is 0 Å². The molecular formula is C14H15Cl2N3O. The van der Waals surface area contributed by atoms with Crippen LogP contribution in [0.15, 0.2) is 30.9 Å². The van der Waals surface area contributed by atoms with Crippen molar-refractivity contribution in [3.8, 4) is 0 Å². The standard InChI is InChI=1S/C14H15Cl2N3O/c1-10(2)7-20-14(6-19-9-17-8-18-19)12-4-3-11(15)5-13(12)16/h3-6,8-10H,7H2,1-2H3/b14-6-. The molecule has 1 aromatic heterocycles. The molecule has 1 heterocycles. The first kappa shape index (κ1) is 14.9. The first-order valence-electron chi connectivity index (χ1n) is 6.20. The van der Waals surface area contributed by atoms with Gasteiger partial charge in [-0.25, -0.2) is 9.67 Å². The lowest BCUT2D eigenvalue weighted by Gasteiger charge is -2.14. The van der Waals surface area contributed by atoms with Gasteiger partial charge in [0.15, 0.2) is 0 Å². The summed E-state index contributed by atoms with van der Waals surface area (Å²) in [7, 11) is 0. The molecule has 0 spiro atoms. The van der Waals surface area contributed by atoms with Crippen molar-refractivity contribution in [1.29, 1.82) is 0 Å². The average Bonchev–Trinajstić information content (AvgIpc) is 2.87. The number of hydrogen-bond donors (Lipinski definition) is 0. The zero-order valence-electron chi connectivity index (χ0n) is 11.3. The monoisotopic (exact) mass is 311 g/mol. The summed E-state index contributed by atoms with van der Waals surface area (Å²) in [5, 5.41) is 5.16. The van der Waals surface area contributed by atoms with E-state index in [0.717, 1.165) is 5.56 Å². The molecule has 6 heteroatoms. The third-order valence-corrected chi connectivity index (χ3v) is 3.00. The molecule has 2 aromatic rings. The van der Waals surface area contributed by atoms with Gasteiger partial charge >= 0.3 is 0 Å². The topological polar surface area (TPSA) is 39.9 Å². The predicted octanol–water partition coefficient (Wildman–Crippen LogP) is 4.21. The minimum absolute atomic E-state index is 0.403. The molecule has 0 bridgehead atoms. The van der Waals surface area contributed by atoms with E-state index < -0.39 is 0 Å². The lowest BCUT2D eigenvalue weighted by molar-refractivity contribution is 0.236. The molecule has 0 saturated carbocycles. The average molecular weight is 312 g/mol. The van der Waals surface area contributed by atoms with Crippen LogP contribution in [0.3, 0.4) is 0 Å². The van der Waals surface area contributed by atoms with E-state index in [1.54, 1.807) is 29.3 Å². The van der Waals surface area contributed by atoms with Crippen molar-refractivity contribution in [3.05, 3.63) is 46.5 Å². The molecule has 0 N–H and O–H groups in total. The van der Waals surface area contributed by atoms with E-state index in [-0.39, 0.29) is 0 Å². The van der Waals surface area contributed by atoms with E-state index in [9.17, 15) is 0 Å². The number of halogens is 2. The molecule has 0 unspecified atom stereocenters. The summed E-state index contributed by atoms with van der Waals surface area (Å²) in [6.45, 7) is 4.74. The maximum Gasteiger partial charge on any atom is 0.146 e. The Balaban J connectivity index is 2.35. The van der Waals surface area contributed by atoms with E-state index in [1.807, 2.05) is 6.07 Å². The van der Waals surface area contributed by atoms with Gasteiger partial charge in [0.1, 0.15) is 18.4 Å². The Hall–Kier alpha value is -1.52. The zero-order chi connectivity index (χ0) is 14.5. The van der Waals surface area contributed by atoms with Gasteiger partial charge in [-0.15, -0.1) is 0 Å². The fourth-order valence-electron chi connectivity index (χ4n) is 1.53. The summed E-state index contributed by atoms with van der Waals surface area (Å²) >= 11 is 12.1. The number of hydrogen-bond acceptors (Lipinski definition) is 3. The van der Waals surface area contributed by atoms with Crippen molar-refractivity contribution in [2.24, 2.45) is 5.92 Å². The molecule has 0 aliphatic carbocycles. The fraction of sp³-hybridized carbons (Fsp3) is 0.286. The molecule has 1 aromatic carbocycles. The summed E-state index contributed by atoms with van der Waals surface area (Å²) in [6.07, 6.45) is 4.78. The van der Waals surface area contributed by atoms with E-state index >= 15 is 0 Å². The van der Waals surface area contributed by atoms with Crippen molar-refractivity contribution in [2.75, 3.05) is 6.61 Å². The summed E-state index contributed by atoms with van der Waals surface area (Å²) in [6, 6.07) is 5.29. The third kappa shape index (κ3) is 3.99. The SMILES string of the molecule is CC(C)CO/C(=C\n1cncn1)c1ccc(Cl)cc1Cl. The number of benzene rings is 1. The molecule has 0 aliphatic heterocycles. The number of aromatic nitrogens is 3. The van der Waals surface area contributed by atoms with Gasteiger partial charge in [0, 0.05) is 10.6 Å². The first-order chi connectivity index (χ1) is 9.56. The Morgan fingerprint density at radius 1 is 1.40 bits per heavy atom. The highest BCUT2D eigenvalue weighted by molar-refractivity contribution is 6.35. The van der Waals surface area contributed by atoms with Gasteiger partial charge in [-0.3, -0.25) is 0 Å². The Labute approximate surface area is 128 Å². The highest BCUT2D eigenvalue weighted by Crippen LogP contribution is 2.28. The van der Waals surface area contributed by atoms with E-state index in [0.29, 0.717) is 28.3 Å². The second-order valence-corrected chi connectivity index (χ2v) is 5.54. The van der Waals surface area contributed by atoms with Gasteiger partial charge in [0.2, 0.25) is 0 Å². The molecule has 0 atom stereocenters. The Morgan fingerprint density at radius 3 is 2.80 bits per heavy atom. The molecular weight excluding hydrogens is 297 g/mol. The summed E-state index contributed by atoms with van der Waals surface area (Å²) in [5.74, 6) is 1.03. The summed E-state index contributed by atoms with van der Waals surface area (Å²) in [4.78, 5) is 3.90. The minimum atomic E-state index is 0.403.